The number of para-hydroxylation sites is 3. The largest absolute Gasteiger partial charge is 0.312 e. The molecule has 6 aliphatic rings. The van der Waals surface area contributed by atoms with E-state index in [0.717, 1.165) is 6.42 Å². The maximum atomic E-state index is 2.73. The molecule has 7 aromatic rings. The first-order valence-electron chi connectivity index (χ1n) is 17.1. The number of nitrogens with zero attached hydrogens (tertiary/aromatic N) is 3. The Hall–Kier alpha value is -5.93. The van der Waals surface area contributed by atoms with E-state index < -0.39 is 0 Å². The summed E-state index contributed by atoms with van der Waals surface area (Å²) in [5.74, 6) is 0. The van der Waals surface area contributed by atoms with Crippen LogP contribution in [-0.2, 0) is 6.42 Å². The molecule has 0 amide bonds. The van der Waals surface area contributed by atoms with Crippen LogP contribution in [0, 0.1) is 0 Å². The van der Waals surface area contributed by atoms with Gasteiger partial charge in [0, 0.05) is 57.6 Å². The molecule has 6 heterocycles. The molecule has 0 radical (unpaired) electrons. The smallest absolute Gasteiger partial charge is 0.253 e. The molecule has 218 valence electrons. The minimum Gasteiger partial charge on any atom is -0.312 e. The van der Waals surface area contributed by atoms with Gasteiger partial charge >= 0.3 is 0 Å². The maximum Gasteiger partial charge on any atom is 0.253 e. The molecular weight excluding hydrogens is 580 g/mol. The third-order valence-corrected chi connectivity index (χ3v) is 11.9. The predicted molar refractivity (Wildman–Crippen MR) is 202 cm³/mol. The molecule has 0 atom stereocenters. The van der Waals surface area contributed by atoms with Crippen LogP contribution in [0.25, 0.3) is 11.1 Å². The fourth-order valence-electron chi connectivity index (χ4n) is 10.3. The number of anilines is 9. The van der Waals surface area contributed by atoms with E-state index in [4.69, 9.17) is 0 Å². The molecule has 0 bridgehead atoms. The lowest BCUT2D eigenvalue weighted by Gasteiger charge is -2.51. The van der Waals surface area contributed by atoms with Crippen LogP contribution in [0.4, 0.5) is 51.2 Å². The molecule has 0 aromatic heterocycles. The molecule has 7 aromatic carbocycles. The molecular formula is C43H25B2N3. The van der Waals surface area contributed by atoms with Gasteiger partial charge in [0.15, 0.2) is 0 Å². The molecule has 0 unspecified atom stereocenters. The summed E-state index contributed by atoms with van der Waals surface area (Å²) in [7, 11) is 0. The minimum absolute atomic E-state index is 0.168. The summed E-state index contributed by atoms with van der Waals surface area (Å²) < 4.78 is 0. The van der Waals surface area contributed by atoms with Crippen molar-refractivity contribution in [2.75, 3.05) is 14.7 Å². The first-order chi connectivity index (χ1) is 23.9. The molecule has 0 saturated heterocycles. The number of hydrogen-bond donors (Lipinski definition) is 0. The quantitative estimate of drug-likeness (QED) is 0.216. The van der Waals surface area contributed by atoms with Gasteiger partial charge in [-0.2, -0.15) is 0 Å². The van der Waals surface area contributed by atoms with Gasteiger partial charge in [0.05, 0.1) is 0 Å². The molecule has 0 fully saturated rings. The van der Waals surface area contributed by atoms with Crippen LogP contribution in [0.15, 0.2) is 140 Å². The molecule has 0 N–H and O–H groups in total. The molecule has 5 heteroatoms. The average molecular weight is 605 g/mol. The Balaban J connectivity index is 1.19. The zero-order valence-electron chi connectivity index (χ0n) is 26.0. The Morgan fingerprint density at radius 1 is 0.354 bits per heavy atom. The van der Waals surface area contributed by atoms with Crippen LogP contribution in [0.5, 0.6) is 0 Å². The topological polar surface area (TPSA) is 9.72 Å². The summed E-state index contributed by atoms with van der Waals surface area (Å²) in [5.41, 5.74) is 26.2. The fraction of sp³-hybridized carbons (Fsp3) is 0.0233. The molecule has 13 rings (SSSR count). The van der Waals surface area contributed by atoms with Gasteiger partial charge in [-0.1, -0.05) is 91.0 Å². The molecule has 3 nitrogen and oxygen atoms in total. The zero-order valence-corrected chi connectivity index (χ0v) is 26.0. The number of hydrogen-bond acceptors (Lipinski definition) is 3. The monoisotopic (exact) mass is 605 g/mol. The summed E-state index contributed by atoms with van der Waals surface area (Å²) in [6.07, 6.45) is 0.943. The Labute approximate surface area is 279 Å². The van der Waals surface area contributed by atoms with Crippen LogP contribution in [0.3, 0.4) is 0 Å². The van der Waals surface area contributed by atoms with Crippen molar-refractivity contribution in [2.24, 2.45) is 0 Å². The van der Waals surface area contributed by atoms with Crippen molar-refractivity contribution in [2.45, 2.75) is 6.42 Å². The summed E-state index contributed by atoms with van der Waals surface area (Å²) in [6, 6.07) is 52.5. The van der Waals surface area contributed by atoms with Crippen molar-refractivity contribution in [3.63, 3.8) is 0 Å². The van der Waals surface area contributed by atoms with E-state index in [2.05, 4.69) is 154 Å². The van der Waals surface area contributed by atoms with Gasteiger partial charge < -0.3 is 14.7 Å². The standard InChI is InChI=1S/C43H25B2N3/c1-3-10-27(11-4-1)46-33-16-8-7-15-31(33)44-32-21-20-30-29-14-9-17-34-37(29)45-38(30)43(32)48-41-25(18-22-35(46)39(41)44)24-26-19-23-36(40(45)42(26)48)47(34)28-12-5-2-6-13-28/h1-23H,24H2. The highest BCUT2D eigenvalue weighted by Gasteiger charge is 2.55. The van der Waals surface area contributed by atoms with E-state index in [1.165, 1.54) is 106 Å². The summed E-state index contributed by atoms with van der Waals surface area (Å²) in [6.45, 7) is 0.398. The highest BCUT2D eigenvalue weighted by Crippen LogP contribution is 2.54. The predicted octanol–water partition coefficient (Wildman–Crippen LogP) is 6.27. The van der Waals surface area contributed by atoms with Gasteiger partial charge in [-0.25, -0.2) is 0 Å². The molecule has 0 spiro atoms. The van der Waals surface area contributed by atoms with E-state index in [9.17, 15) is 0 Å². The molecule has 0 aliphatic carbocycles. The van der Waals surface area contributed by atoms with Crippen LogP contribution >= 0.6 is 0 Å². The third kappa shape index (κ3) is 2.58. The lowest BCUT2D eigenvalue weighted by Crippen LogP contribution is -2.67. The second-order valence-corrected chi connectivity index (χ2v) is 14.0. The van der Waals surface area contributed by atoms with Gasteiger partial charge in [0.2, 0.25) is 0 Å². The van der Waals surface area contributed by atoms with Crippen molar-refractivity contribution in [1.29, 1.82) is 0 Å². The number of fused-ring (bicyclic) bond motifs is 4. The fourth-order valence-corrected chi connectivity index (χ4v) is 10.3. The Kier molecular flexibility index (Phi) is 4.11. The van der Waals surface area contributed by atoms with Gasteiger partial charge in [0.25, 0.3) is 13.4 Å². The highest BCUT2D eigenvalue weighted by molar-refractivity contribution is 7.06. The molecule has 0 saturated carbocycles. The van der Waals surface area contributed by atoms with Crippen molar-refractivity contribution in [1.82, 2.24) is 0 Å². The third-order valence-electron chi connectivity index (χ3n) is 11.9. The lowest BCUT2D eigenvalue weighted by molar-refractivity contribution is 1.09. The summed E-state index contributed by atoms with van der Waals surface area (Å²) in [4.78, 5) is 7.75. The molecule has 48 heavy (non-hydrogen) atoms. The second-order valence-electron chi connectivity index (χ2n) is 14.0. The number of rotatable bonds is 2. The van der Waals surface area contributed by atoms with E-state index >= 15 is 0 Å². The van der Waals surface area contributed by atoms with Gasteiger partial charge in [-0.3, -0.25) is 0 Å². The van der Waals surface area contributed by atoms with Gasteiger partial charge in [0.1, 0.15) is 0 Å². The minimum atomic E-state index is 0.168. The number of benzene rings is 7. The summed E-state index contributed by atoms with van der Waals surface area (Å²) in [5, 5.41) is 0. The van der Waals surface area contributed by atoms with Crippen molar-refractivity contribution < 1.29 is 0 Å². The van der Waals surface area contributed by atoms with Crippen LogP contribution < -0.4 is 47.5 Å². The average Bonchev–Trinajstić information content (AvgIpc) is 3.50. The van der Waals surface area contributed by atoms with Crippen LogP contribution in [0.2, 0.25) is 0 Å². The van der Waals surface area contributed by atoms with Crippen molar-refractivity contribution in [3.05, 3.63) is 151 Å². The highest BCUT2D eigenvalue weighted by atomic mass is 15.2. The first kappa shape index (κ1) is 24.3. The van der Waals surface area contributed by atoms with E-state index in [1.807, 2.05) is 0 Å². The SMILES string of the molecule is c1ccc(N2c3ccccc3B3c4ccc5c6c4N4c7c(ccc2c73)Cc2ccc3c(c24)B6c2c-5cccc2N3c2ccccc2)cc1. The Morgan fingerprint density at radius 2 is 0.938 bits per heavy atom. The maximum absolute atomic E-state index is 2.73. The Morgan fingerprint density at radius 3 is 1.67 bits per heavy atom. The second kappa shape index (κ2) is 8.13. The van der Waals surface area contributed by atoms with E-state index in [-0.39, 0.29) is 13.4 Å². The van der Waals surface area contributed by atoms with E-state index in [1.54, 1.807) is 0 Å². The van der Waals surface area contributed by atoms with Crippen LogP contribution in [0.1, 0.15) is 11.1 Å². The van der Waals surface area contributed by atoms with Gasteiger partial charge in [-0.15, -0.1) is 0 Å². The van der Waals surface area contributed by atoms with Crippen molar-refractivity contribution in [3.8, 4) is 11.1 Å². The Bertz CT molecular complexity index is 2630. The van der Waals surface area contributed by atoms with Gasteiger partial charge in [-0.05, 0) is 104 Å². The molecule has 6 aliphatic heterocycles. The zero-order chi connectivity index (χ0) is 30.8. The van der Waals surface area contributed by atoms with Crippen molar-refractivity contribution >= 4 is 97.4 Å². The lowest BCUT2D eigenvalue weighted by atomic mass is 9.29. The first-order valence-corrected chi connectivity index (χ1v) is 17.1. The normalized spacial score (nSPS) is 15.2. The summed E-state index contributed by atoms with van der Waals surface area (Å²) >= 11 is 0. The van der Waals surface area contributed by atoms with E-state index in [0.29, 0.717) is 0 Å². The van der Waals surface area contributed by atoms with Crippen LogP contribution in [-0.4, -0.2) is 13.4 Å².